The summed E-state index contributed by atoms with van der Waals surface area (Å²) in [5.74, 6) is 0.319. The van der Waals surface area contributed by atoms with E-state index in [9.17, 15) is 4.79 Å². The fourth-order valence-corrected chi connectivity index (χ4v) is 2.89. The summed E-state index contributed by atoms with van der Waals surface area (Å²) in [4.78, 5) is 14.3. The number of carbonyl (C=O) groups excluding carboxylic acids is 1. The molecule has 0 spiro atoms. The molecule has 2 aromatic rings. The molecule has 0 aromatic heterocycles. The standard InChI is InChI=1S/C20H22ClNO3/c1-2-11-25-19-8-7-17(14-18(19)21)15-3-5-16(6-4-15)20(23)22-9-12-24-13-10-22/h3-8,14H,2,9-13H2,1H3/i11D2. The van der Waals surface area contributed by atoms with Crippen LogP contribution in [0.3, 0.4) is 0 Å². The molecule has 4 nitrogen and oxygen atoms in total. The lowest BCUT2D eigenvalue weighted by molar-refractivity contribution is 0.0303. The van der Waals surface area contributed by atoms with E-state index < -0.39 is 6.56 Å². The van der Waals surface area contributed by atoms with Crippen molar-refractivity contribution in [1.29, 1.82) is 0 Å². The monoisotopic (exact) mass is 361 g/mol. The Hall–Kier alpha value is -2.04. The van der Waals surface area contributed by atoms with Crippen LogP contribution in [0.4, 0.5) is 0 Å². The number of halogens is 1. The van der Waals surface area contributed by atoms with Gasteiger partial charge in [-0.15, -0.1) is 0 Å². The number of amides is 1. The highest BCUT2D eigenvalue weighted by atomic mass is 35.5. The Balaban J connectivity index is 1.75. The third kappa shape index (κ3) is 4.33. The number of ether oxygens (including phenoxy) is 2. The average molecular weight is 362 g/mol. The first-order valence-corrected chi connectivity index (χ1v) is 8.73. The van der Waals surface area contributed by atoms with Crippen LogP contribution in [-0.2, 0) is 4.74 Å². The van der Waals surface area contributed by atoms with E-state index in [1.54, 1.807) is 36.1 Å². The largest absolute Gasteiger partial charge is 0.492 e. The van der Waals surface area contributed by atoms with Crippen molar-refractivity contribution in [2.75, 3.05) is 32.9 Å². The number of morpholine rings is 1. The first kappa shape index (κ1) is 15.2. The molecule has 0 unspecified atom stereocenters. The SMILES string of the molecule is [2H]C([2H])(CC)Oc1ccc(-c2ccc(C(=O)N3CCOCC3)cc2)cc1Cl. The predicted molar refractivity (Wildman–Crippen MR) is 99.4 cm³/mol. The Morgan fingerprint density at radius 3 is 2.52 bits per heavy atom. The Labute approximate surface area is 156 Å². The highest BCUT2D eigenvalue weighted by Gasteiger charge is 2.18. The van der Waals surface area contributed by atoms with E-state index in [1.165, 1.54) is 0 Å². The van der Waals surface area contributed by atoms with Crippen molar-refractivity contribution in [3.05, 3.63) is 53.1 Å². The molecular formula is C20H22ClNO3. The molecular weight excluding hydrogens is 338 g/mol. The van der Waals surface area contributed by atoms with Crippen LogP contribution in [-0.4, -0.2) is 43.7 Å². The second kappa shape index (κ2) is 8.37. The number of rotatable bonds is 5. The first-order valence-electron chi connectivity index (χ1n) is 9.35. The third-order valence-electron chi connectivity index (χ3n) is 4.02. The molecule has 1 aliphatic heterocycles. The van der Waals surface area contributed by atoms with Crippen LogP contribution in [0.5, 0.6) is 5.75 Å². The summed E-state index contributed by atoms with van der Waals surface area (Å²) in [6.07, 6.45) is 0.226. The molecule has 25 heavy (non-hydrogen) atoms. The Kier molecular flexibility index (Phi) is 5.10. The Bertz CT molecular complexity index is 805. The molecule has 1 aliphatic rings. The summed E-state index contributed by atoms with van der Waals surface area (Å²) in [6.45, 7) is 2.33. The summed E-state index contributed by atoms with van der Waals surface area (Å²) >= 11 is 6.26. The normalized spacial score (nSPS) is 16.2. The Morgan fingerprint density at radius 2 is 1.88 bits per heavy atom. The molecule has 2 aromatic carbocycles. The molecule has 132 valence electrons. The van der Waals surface area contributed by atoms with Gasteiger partial charge in [-0.1, -0.05) is 36.7 Å². The Morgan fingerprint density at radius 1 is 1.20 bits per heavy atom. The zero-order valence-corrected chi connectivity index (χ0v) is 14.9. The van der Waals surface area contributed by atoms with Gasteiger partial charge in [0.1, 0.15) is 5.75 Å². The molecule has 5 heteroatoms. The van der Waals surface area contributed by atoms with Gasteiger partial charge in [0.05, 0.1) is 27.5 Å². The summed E-state index contributed by atoms with van der Waals surface area (Å²) < 4.78 is 26.0. The zero-order valence-electron chi connectivity index (χ0n) is 16.1. The van der Waals surface area contributed by atoms with E-state index in [4.69, 9.17) is 23.8 Å². The fourth-order valence-electron chi connectivity index (χ4n) is 2.67. The van der Waals surface area contributed by atoms with E-state index in [0.29, 0.717) is 42.6 Å². The second-order valence-corrected chi connectivity index (χ2v) is 6.13. The van der Waals surface area contributed by atoms with Gasteiger partial charge in [0, 0.05) is 18.7 Å². The van der Waals surface area contributed by atoms with Crippen molar-refractivity contribution < 1.29 is 17.0 Å². The minimum Gasteiger partial charge on any atom is -0.492 e. The van der Waals surface area contributed by atoms with Gasteiger partial charge in [-0.2, -0.15) is 0 Å². The van der Waals surface area contributed by atoms with E-state index in [-0.39, 0.29) is 12.3 Å². The highest BCUT2D eigenvalue weighted by molar-refractivity contribution is 6.32. The maximum atomic E-state index is 12.5. The van der Waals surface area contributed by atoms with Crippen LogP contribution >= 0.6 is 11.6 Å². The molecule has 0 bridgehead atoms. The fraction of sp³-hybridized carbons (Fsp3) is 0.350. The van der Waals surface area contributed by atoms with Crippen LogP contribution < -0.4 is 4.74 Å². The van der Waals surface area contributed by atoms with Crippen molar-refractivity contribution in [3.63, 3.8) is 0 Å². The van der Waals surface area contributed by atoms with Crippen molar-refractivity contribution in [3.8, 4) is 16.9 Å². The van der Waals surface area contributed by atoms with Crippen LogP contribution in [0, 0.1) is 0 Å². The molecule has 0 N–H and O–H groups in total. The summed E-state index contributed by atoms with van der Waals surface area (Å²) in [6, 6.07) is 12.6. The van der Waals surface area contributed by atoms with E-state index in [0.717, 1.165) is 11.1 Å². The van der Waals surface area contributed by atoms with Crippen LogP contribution in [0.15, 0.2) is 42.5 Å². The minimum atomic E-state index is -1.76. The van der Waals surface area contributed by atoms with Crippen molar-refractivity contribution in [2.45, 2.75) is 13.3 Å². The third-order valence-corrected chi connectivity index (χ3v) is 4.32. The van der Waals surface area contributed by atoms with Crippen LogP contribution in [0.25, 0.3) is 11.1 Å². The molecule has 1 amide bonds. The molecule has 1 heterocycles. The second-order valence-electron chi connectivity index (χ2n) is 5.73. The molecule has 1 saturated heterocycles. The lowest BCUT2D eigenvalue weighted by Crippen LogP contribution is -2.40. The average Bonchev–Trinajstić information content (AvgIpc) is 2.70. The summed E-state index contributed by atoms with van der Waals surface area (Å²) in [5.41, 5.74) is 2.43. The summed E-state index contributed by atoms with van der Waals surface area (Å²) in [5, 5.41) is 0.346. The molecule has 3 rings (SSSR count). The number of benzene rings is 2. The molecule has 0 atom stereocenters. The molecule has 0 aliphatic carbocycles. The van der Waals surface area contributed by atoms with Crippen molar-refractivity contribution in [2.24, 2.45) is 0 Å². The first-order chi connectivity index (χ1) is 12.9. The van der Waals surface area contributed by atoms with Crippen LogP contribution in [0.2, 0.25) is 5.02 Å². The predicted octanol–water partition coefficient (Wildman–Crippen LogP) is 4.27. The van der Waals surface area contributed by atoms with E-state index in [1.807, 2.05) is 18.2 Å². The van der Waals surface area contributed by atoms with Gasteiger partial charge in [0.15, 0.2) is 0 Å². The van der Waals surface area contributed by atoms with Gasteiger partial charge >= 0.3 is 0 Å². The van der Waals surface area contributed by atoms with E-state index >= 15 is 0 Å². The zero-order chi connectivity index (χ0) is 19.4. The van der Waals surface area contributed by atoms with Gasteiger partial charge in [0.25, 0.3) is 5.91 Å². The topological polar surface area (TPSA) is 38.8 Å². The summed E-state index contributed by atoms with van der Waals surface area (Å²) in [7, 11) is 0. The van der Waals surface area contributed by atoms with Gasteiger partial charge in [-0.05, 0) is 41.8 Å². The lowest BCUT2D eigenvalue weighted by Gasteiger charge is -2.26. The number of carbonyl (C=O) groups is 1. The molecule has 0 saturated carbocycles. The molecule has 0 radical (unpaired) electrons. The van der Waals surface area contributed by atoms with Gasteiger partial charge in [-0.25, -0.2) is 0 Å². The quantitative estimate of drug-likeness (QED) is 0.798. The van der Waals surface area contributed by atoms with Crippen molar-refractivity contribution in [1.82, 2.24) is 4.90 Å². The lowest BCUT2D eigenvalue weighted by atomic mass is 10.0. The maximum Gasteiger partial charge on any atom is 0.254 e. The highest BCUT2D eigenvalue weighted by Crippen LogP contribution is 2.30. The smallest absolute Gasteiger partial charge is 0.254 e. The van der Waals surface area contributed by atoms with Gasteiger partial charge in [-0.3, -0.25) is 4.79 Å². The number of nitrogens with zero attached hydrogens (tertiary/aromatic N) is 1. The van der Waals surface area contributed by atoms with Gasteiger partial charge in [0.2, 0.25) is 0 Å². The number of hydrogen-bond acceptors (Lipinski definition) is 3. The van der Waals surface area contributed by atoms with Crippen molar-refractivity contribution >= 4 is 17.5 Å². The number of hydrogen-bond donors (Lipinski definition) is 0. The minimum absolute atomic E-state index is 0.00780. The molecule has 1 fully saturated rings. The maximum absolute atomic E-state index is 12.5. The van der Waals surface area contributed by atoms with Gasteiger partial charge < -0.3 is 14.4 Å². The van der Waals surface area contributed by atoms with Crippen LogP contribution in [0.1, 0.15) is 26.4 Å². The van der Waals surface area contributed by atoms with E-state index in [2.05, 4.69) is 0 Å².